The van der Waals surface area contributed by atoms with Gasteiger partial charge in [-0.25, -0.2) is 0 Å². The van der Waals surface area contributed by atoms with Crippen LogP contribution in [0, 0.1) is 0 Å². The van der Waals surface area contributed by atoms with E-state index in [0.29, 0.717) is 11.8 Å². The van der Waals surface area contributed by atoms with Crippen LogP contribution in [0.2, 0.25) is 0 Å². The topological polar surface area (TPSA) is 48.2 Å². The van der Waals surface area contributed by atoms with Gasteiger partial charge in [-0.3, -0.25) is 0 Å². The summed E-state index contributed by atoms with van der Waals surface area (Å²) in [5.41, 5.74) is 1.16. The zero-order valence-corrected chi connectivity index (χ0v) is 12.2. The van der Waals surface area contributed by atoms with Crippen molar-refractivity contribution in [3.63, 3.8) is 0 Å². The van der Waals surface area contributed by atoms with Gasteiger partial charge in [-0.05, 0) is 12.0 Å². The summed E-state index contributed by atoms with van der Waals surface area (Å²) in [4.78, 5) is 4.54. The molecule has 1 aliphatic rings. The Morgan fingerprint density at radius 3 is 2.55 bits per heavy atom. The summed E-state index contributed by atoms with van der Waals surface area (Å²) in [6, 6.07) is 10.4. The van der Waals surface area contributed by atoms with Gasteiger partial charge in [-0.2, -0.15) is 4.98 Å². The minimum Gasteiger partial charge on any atom is -0.368 e. The number of benzene rings is 1. The molecule has 4 nitrogen and oxygen atoms in total. The fourth-order valence-electron chi connectivity index (χ4n) is 2.53. The van der Waals surface area contributed by atoms with E-state index < -0.39 is 0 Å². The minimum absolute atomic E-state index is 0.109. The second-order valence-corrected chi connectivity index (χ2v) is 6.30. The molecule has 0 unspecified atom stereocenters. The molecule has 4 heteroatoms. The molecule has 0 spiro atoms. The van der Waals surface area contributed by atoms with E-state index in [9.17, 15) is 0 Å². The van der Waals surface area contributed by atoms with Crippen molar-refractivity contribution in [3.8, 4) is 0 Å². The number of hydrogen-bond donors (Lipinski definition) is 0. The molecule has 1 fully saturated rings. The van der Waals surface area contributed by atoms with Crippen molar-refractivity contribution in [2.24, 2.45) is 0 Å². The van der Waals surface area contributed by atoms with Gasteiger partial charge in [0.1, 0.15) is 6.10 Å². The average Bonchev–Trinajstić information content (AvgIpc) is 3.07. The second kappa shape index (κ2) is 5.02. The standard InChI is InChI=1S/C16H20N2O2/c1-16(2,3)15-17-14(20-18-15)13-12(9-10-19-13)11-7-5-4-6-8-11/h4-8,12-13H,9-10H2,1-3H3/t12-,13-/m0/s1. The highest BCUT2D eigenvalue weighted by atomic mass is 16.5. The van der Waals surface area contributed by atoms with Gasteiger partial charge in [0.15, 0.2) is 5.82 Å². The average molecular weight is 272 g/mol. The number of hydrogen-bond acceptors (Lipinski definition) is 4. The Balaban J connectivity index is 1.88. The van der Waals surface area contributed by atoms with Gasteiger partial charge in [0.2, 0.25) is 0 Å². The van der Waals surface area contributed by atoms with Crippen molar-refractivity contribution in [3.05, 3.63) is 47.6 Å². The van der Waals surface area contributed by atoms with Crippen LogP contribution in [-0.2, 0) is 10.2 Å². The summed E-state index contributed by atoms with van der Waals surface area (Å²) < 4.78 is 11.3. The lowest BCUT2D eigenvalue weighted by molar-refractivity contribution is 0.0758. The van der Waals surface area contributed by atoms with Crippen LogP contribution in [0.15, 0.2) is 34.9 Å². The molecule has 2 atom stereocenters. The first-order valence-corrected chi connectivity index (χ1v) is 7.06. The highest BCUT2D eigenvalue weighted by Gasteiger charge is 2.36. The van der Waals surface area contributed by atoms with Crippen LogP contribution < -0.4 is 0 Å². The lowest BCUT2D eigenvalue weighted by Crippen LogP contribution is -2.14. The Morgan fingerprint density at radius 2 is 1.90 bits per heavy atom. The SMILES string of the molecule is CC(C)(C)c1noc([C@H]2OCC[C@H]2c2ccccc2)n1. The van der Waals surface area contributed by atoms with E-state index in [0.717, 1.165) is 18.9 Å². The fraction of sp³-hybridized carbons (Fsp3) is 0.500. The normalized spacial score (nSPS) is 23.1. The summed E-state index contributed by atoms with van der Waals surface area (Å²) in [7, 11) is 0. The van der Waals surface area contributed by atoms with Gasteiger partial charge >= 0.3 is 0 Å². The van der Waals surface area contributed by atoms with Crippen molar-refractivity contribution in [2.45, 2.75) is 44.6 Å². The van der Waals surface area contributed by atoms with Gasteiger partial charge in [0.25, 0.3) is 5.89 Å². The van der Waals surface area contributed by atoms with Crippen molar-refractivity contribution in [2.75, 3.05) is 6.61 Å². The lowest BCUT2D eigenvalue weighted by atomic mass is 9.92. The number of ether oxygens (including phenoxy) is 1. The first-order chi connectivity index (χ1) is 9.55. The quantitative estimate of drug-likeness (QED) is 0.838. The molecule has 0 radical (unpaired) electrons. The molecule has 1 aromatic carbocycles. The van der Waals surface area contributed by atoms with Crippen molar-refractivity contribution in [1.82, 2.24) is 10.1 Å². The van der Waals surface area contributed by atoms with E-state index in [1.54, 1.807) is 0 Å². The summed E-state index contributed by atoms with van der Waals surface area (Å²) in [5, 5.41) is 4.09. The molecular formula is C16H20N2O2. The highest BCUT2D eigenvalue weighted by Crippen LogP contribution is 2.41. The van der Waals surface area contributed by atoms with Crippen LogP contribution in [-0.4, -0.2) is 16.7 Å². The van der Waals surface area contributed by atoms with E-state index in [1.807, 2.05) is 6.07 Å². The van der Waals surface area contributed by atoms with E-state index in [-0.39, 0.29) is 11.5 Å². The Hall–Kier alpha value is -1.68. The Labute approximate surface area is 119 Å². The molecule has 106 valence electrons. The predicted molar refractivity (Wildman–Crippen MR) is 75.5 cm³/mol. The molecule has 3 rings (SSSR count). The molecule has 2 aromatic rings. The Bertz CT molecular complexity index is 572. The smallest absolute Gasteiger partial charge is 0.256 e. The molecular weight excluding hydrogens is 252 g/mol. The third kappa shape index (κ3) is 2.48. The largest absolute Gasteiger partial charge is 0.368 e. The summed E-state index contributed by atoms with van der Waals surface area (Å²) in [5.74, 6) is 1.63. The lowest BCUT2D eigenvalue weighted by Gasteiger charge is -2.15. The Kier molecular flexibility index (Phi) is 3.34. The van der Waals surface area contributed by atoms with Crippen LogP contribution in [0.5, 0.6) is 0 Å². The van der Waals surface area contributed by atoms with Gasteiger partial charge in [-0.1, -0.05) is 56.3 Å². The molecule has 1 aromatic heterocycles. The first kappa shape index (κ1) is 13.3. The fourth-order valence-corrected chi connectivity index (χ4v) is 2.53. The number of aromatic nitrogens is 2. The van der Waals surface area contributed by atoms with Crippen molar-refractivity contribution in [1.29, 1.82) is 0 Å². The maximum absolute atomic E-state index is 5.84. The minimum atomic E-state index is -0.124. The molecule has 2 heterocycles. The molecule has 20 heavy (non-hydrogen) atoms. The third-order valence-corrected chi connectivity index (χ3v) is 3.68. The van der Waals surface area contributed by atoms with Gasteiger partial charge in [0.05, 0.1) is 0 Å². The molecule has 0 amide bonds. The summed E-state index contributed by atoms with van der Waals surface area (Å²) in [6.07, 6.45) is 0.864. The summed E-state index contributed by atoms with van der Waals surface area (Å²) in [6.45, 7) is 6.96. The molecule has 1 saturated heterocycles. The maximum Gasteiger partial charge on any atom is 0.256 e. The first-order valence-electron chi connectivity index (χ1n) is 7.06. The van der Waals surface area contributed by atoms with Crippen molar-refractivity contribution >= 4 is 0 Å². The molecule has 0 saturated carbocycles. The maximum atomic E-state index is 5.84. The zero-order chi connectivity index (χ0) is 14.2. The third-order valence-electron chi connectivity index (χ3n) is 3.68. The van der Waals surface area contributed by atoms with Gasteiger partial charge in [-0.15, -0.1) is 0 Å². The van der Waals surface area contributed by atoms with Crippen LogP contribution in [0.3, 0.4) is 0 Å². The van der Waals surface area contributed by atoms with Crippen LogP contribution in [0.1, 0.15) is 56.5 Å². The van der Waals surface area contributed by atoms with E-state index in [1.165, 1.54) is 5.56 Å². The predicted octanol–water partition coefficient (Wildman–Crippen LogP) is 3.61. The number of nitrogens with zero attached hydrogens (tertiary/aromatic N) is 2. The zero-order valence-electron chi connectivity index (χ0n) is 12.2. The van der Waals surface area contributed by atoms with Gasteiger partial charge in [0, 0.05) is 17.9 Å². The van der Waals surface area contributed by atoms with Crippen molar-refractivity contribution < 1.29 is 9.26 Å². The van der Waals surface area contributed by atoms with Crippen LogP contribution in [0.25, 0.3) is 0 Å². The van der Waals surface area contributed by atoms with Crippen LogP contribution >= 0.6 is 0 Å². The number of rotatable bonds is 2. The highest BCUT2D eigenvalue weighted by molar-refractivity contribution is 5.23. The molecule has 0 aliphatic carbocycles. The molecule has 0 N–H and O–H groups in total. The van der Waals surface area contributed by atoms with E-state index in [4.69, 9.17) is 9.26 Å². The van der Waals surface area contributed by atoms with E-state index >= 15 is 0 Å². The monoisotopic (exact) mass is 272 g/mol. The second-order valence-electron chi connectivity index (χ2n) is 6.30. The molecule has 0 bridgehead atoms. The van der Waals surface area contributed by atoms with Gasteiger partial charge < -0.3 is 9.26 Å². The van der Waals surface area contributed by atoms with Crippen LogP contribution in [0.4, 0.5) is 0 Å². The Morgan fingerprint density at radius 1 is 1.15 bits per heavy atom. The van der Waals surface area contributed by atoms with E-state index in [2.05, 4.69) is 55.2 Å². The molecule has 1 aliphatic heterocycles. The summed E-state index contributed by atoms with van der Waals surface area (Å²) >= 11 is 0.